The number of fused-ring (bicyclic) bond motifs is 1. The van der Waals surface area contributed by atoms with Crippen molar-refractivity contribution in [3.05, 3.63) is 89.6 Å². The van der Waals surface area contributed by atoms with E-state index in [1.54, 1.807) is 0 Å². The van der Waals surface area contributed by atoms with E-state index in [9.17, 15) is 17.2 Å². The maximum absolute atomic E-state index is 14.0. The molecule has 3 nitrogen and oxygen atoms in total. The number of rotatable bonds is 4. The summed E-state index contributed by atoms with van der Waals surface area (Å²) in [7, 11) is -3.96. The number of benzene rings is 3. The second kappa shape index (κ2) is 7.74. The lowest BCUT2D eigenvalue weighted by molar-refractivity contribution is 0.593. The normalized spacial score (nSPS) is 11.7. The molecule has 0 unspecified atom stereocenters. The molecule has 0 radical (unpaired) electrons. The molecule has 146 valence electrons. The van der Waals surface area contributed by atoms with Crippen LogP contribution in [0.2, 0.25) is 5.02 Å². The maximum atomic E-state index is 14.0. The third-order valence-electron chi connectivity index (χ3n) is 4.19. The lowest BCUT2D eigenvalue weighted by atomic mass is 10.2. The molecular formula is C21H12ClF2NO2S2. The molecule has 29 heavy (non-hydrogen) atoms. The second-order valence-corrected chi connectivity index (χ2v) is 9.56. The lowest BCUT2D eigenvalue weighted by Gasteiger charge is -2.13. The van der Waals surface area contributed by atoms with Crippen LogP contribution in [0, 0.1) is 11.6 Å². The van der Waals surface area contributed by atoms with Crippen LogP contribution >= 0.6 is 23.4 Å². The molecule has 0 saturated carbocycles. The van der Waals surface area contributed by atoms with Crippen LogP contribution in [0.1, 0.15) is 0 Å². The van der Waals surface area contributed by atoms with Crippen molar-refractivity contribution >= 4 is 44.1 Å². The van der Waals surface area contributed by atoms with Crippen molar-refractivity contribution in [2.24, 2.45) is 0 Å². The van der Waals surface area contributed by atoms with Crippen molar-refractivity contribution in [2.75, 3.05) is 0 Å². The summed E-state index contributed by atoms with van der Waals surface area (Å²) in [5, 5.41) is 0.762. The first-order valence-corrected chi connectivity index (χ1v) is 11.0. The number of nitrogens with zero attached hydrogens (tertiary/aromatic N) is 1. The van der Waals surface area contributed by atoms with Crippen LogP contribution in [-0.4, -0.2) is 13.4 Å². The standard InChI is InChI=1S/C21H12ClF2NO2S2/c22-13-1-8-17(9-2-13)29(26,27)20-12-25-19-10-5-15(24)11-18(19)21(20)28-16-6-3-14(23)4-7-16/h1-12H. The van der Waals surface area contributed by atoms with E-state index >= 15 is 0 Å². The summed E-state index contributed by atoms with van der Waals surface area (Å²) in [6.07, 6.45) is 1.26. The van der Waals surface area contributed by atoms with Crippen LogP contribution in [-0.2, 0) is 9.84 Å². The molecule has 0 amide bonds. The van der Waals surface area contributed by atoms with E-state index in [1.807, 2.05) is 0 Å². The molecule has 0 fully saturated rings. The number of hydrogen-bond donors (Lipinski definition) is 0. The van der Waals surface area contributed by atoms with Gasteiger partial charge in [0.2, 0.25) is 9.84 Å². The van der Waals surface area contributed by atoms with Crippen LogP contribution in [0.15, 0.2) is 92.5 Å². The van der Waals surface area contributed by atoms with Gasteiger partial charge in [-0.15, -0.1) is 0 Å². The molecule has 0 N–H and O–H groups in total. The zero-order valence-electron chi connectivity index (χ0n) is 14.6. The Labute approximate surface area is 175 Å². The monoisotopic (exact) mass is 447 g/mol. The van der Waals surface area contributed by atoms with Crippen molar-refractivity contribution in [2.45, 2.75) is 19.6 Å². The molecule has 0 atom stereocenters. The fourth-order valence-corrected chi connectivity index (χ4v) is 5.59. The van der Waals surface area contributed by atoms with E-state index in [-0.39, 0.29) is 9.79 Å². The quantitative estimate of drug-likeness (QED) is 0.376. The average molecular weight is 448 g/mol. The van der Waals surface area contributed by atoms with Gasteiger partial charge in [-0.05, 0) is 66.7 Å². The highest BCUT2D eigenvalue weighted by atomic mass is 35.5. The Morgan fingerprint density at radius 1 is 0.862 bits per heavy atom. The van der Waals surface area contributed by atoms with E-state index in [2.05, 4.69) is 4.98 Å². The average Bonchev–Trinajstić information content (AvgIpc) is 2.70. The van der Waals surface area contributed by atoms with Crippen molar-refractivity contribution in [3.63, 3.8) is 0 Å². The first kappa shape index (κ1) is 19.8. The summed E-state index contributed by atoms with van der Waals surface area (Å²) >= 11 is 6.98. The van der Waals surface area contributed by atoms with Gasteiger partial charge in [0.05, 0.1) is 10.4 Å². The molecule has 0 bridgehead atoms. The van der Waals surface area contributed by atoms with E-state index in [0.29, 0.717) is 25.7 Å². The molecule has 0 aliphatic rings. The number of hydrogen-bond acceptors (Lipinski definition) is 4. The highest BCUT2D eigenvalue weighted by Gasteiger charge is 2.24. The van der Waals surface area contributed by atoms with E-state index in [0.717, 1.165) is 11.8 Å². The van der Waals surface area contributed by atoms with E-state index in [1.165, 1.54) is 72.9 Å². The van der Waals surface area contributed by atoms with Crippen molar-refractivity contribution in [1.29, 1.82) is 0 Å². The first-order chi connectivity index (χ1) is 13.8. The Bertz CT molecular complexity index is 1310. The maximum Gasteiger partial charge on any atom is 0.209 e. The number of sulfone groups is 1. The predicted octanol–water partition coefficient (Wildman–Crippen LogP) is 6.15. The number of aromatic nitrogens is 1. The predicted molar refractivity (Wildman–Crippen MR) is 109 cm³/mol. The third-order valence-corrected chi connectivity index (χ3v) is 7.51. The van der Waals surface area contributed by atoms with Gasteiger partial charge in [0.25, 0.3) is 0 Å². The van der Waals surface area contributed by atoms with Gasteiger partial charge in [0.15, 0.2) is 0 Å². The van der Waals surface area contributed by atoms with E-state index < -0.39 is 21.5 Å². The highest BCUT2D eigenvalue weighted by Crippen LogP contribution is 2.40. The van der Waals surface area contributed by atoms with Crippen molar-refractivity contribution in [3.8, 4) is 0 Å². The van der Waals surface area contributed by atoms with Gasteiger partial charge in [0.1, 0.15) is 16.5 Å². The largest absolute Gasteiger partial charge is 0.255 e. The molecule has 4 rings (SSSR count). The second-order valence-electron chi connectivity index (χ2n) is 6.13. The SMILES string of the molecule is O=S(=O)(c1ccc(Cl)cc1)c1cnc2ccc(F)cc2c1Sc1ccc(F)cc1. The Balaban J connectivity index is 1.95. The number of halogens is 3. The number of pyridine rings is 1. The lowest BCUT2D eigenvalue weighted by Crippen LogP contribution is -2.05. The van der Waals surface area contributed by atoms with Gasteiger partial charge in [-0.1, -0.05) is 23.4 Å². The summed E-state index contributed by atoms with van der Waals surface area (Å²) in [4.78, 5) is 5.11. The van der Waals surface area contributed by atoms with Crippen molar-refractivity contribution in [1.82, 2.24) is 4.98 Å². The summed E-state index contributed by atoms with van der Waals surface area (Å²) < 4.78 is 53.8. The molecule has 4 aromatic rings. The third kappa shape index (κ3) is 3.99. The smallest absolute Gasteiger partial charge is 0.209 e. The van der Waals surface area contributed by atoms with Crippen LogP contribution in [0.5, 0.6) is 0 Å². The van der Waals surface area contributed by atoms with Gasteiger partial charge in [-0.25, -0.2) is 17.2 Å². The molecule has 0 aliphatic heterocycles. The minimum atomic E-state index is -3.96. The molecule has 1 aromatic heterocycles. The summed E-state index contributed by atoms with van der Waals surface area (Å²) in [6.45, 7) is 0. The zero-order valence-corrected chi connectivity index (χ0v) is 17.0. The van der Waals surface area contributed by atoms with Crippen LogP contribution in [0.4, 0.5) is 8.78 Å². The molecular weight excluding hydrogens is 436 g/mol. The minimum absolute atomic E-state index is 0.0420. The zero-order chi connectivity index (χ0) is 20.6. The van der Waals surface area contributed by atoms with E-state index in [4.69, 9.17) is 11.6 Å². The molecule has 0 spiro atoms. The fourth-order valence-electron chi connectivity index (χ4n) is 2.78. The summed E-state index contributed by atoms with van der Waals surface area (Å²) in [5.74, 6) is -0.921. The Morgan fingerprint density at radius 3 is 2.21 bits per heavy atom. The fraction of sp³-hybridized carbons (Fsp3) is 0. The van der Waals surface area contributed by atoms with Gasteiger partial charge in [-0.3, -0.25) is 4.98 Å². The van der Waals surface area contributed by atoms with Crippen LogP contribution in [0.25, 0.3) is 10.9 Å². The first-order valence-electron chi connectivity index (χ1n) is 8.37. The minimum Gasteiger partial charge on any atom is -0.255 e. The summed E-state index contributed by atoms with van der Waals surface area (Å²) in [6, 6.07) is 15.4. The molecule has 1 heterocycles. The molecule has 0 saturated heterocycles. The summed E-state index contributed by atoms with van der Waals surface area (Å²) in [5.41, 5.74) is 0.450. The molecule has 3 aromatic carbocycles. The van der Waals surface area contributed by atoms with Crippen LogP contribution in [0.3, 0.4) is 0 Å². The van der Waals surface area contributed by atoms with Gasteiger partial charge in [-0.2, -0.15) is 0 Å². The van der Waals surface area contributed by atoms with Gasteiger partial charge < -0.3 is 0 Å². The molecule has 8 heteroatoms. The Hall–Kier alpha value is -2.48. The topological polar surface area (TPSA) is 47.0 Å². The van der Waals surface area contributed by atoms with Crippen molar-refractivity contribution < 1.29 is 17.2 Å². The Morgan fingerprint density at radius 2 is 1.52 bits per heavy atom. The molecule has 0 aliphatic carbocycles. The van der Waals surface area contributed by atoms with Crippen LogP contribution < -0.4 is 0 Å². The Kier molecular flexibility index (Phi) is 5.29. The highest BCUT2D eigenvalue weighted by molar-refractivity contribution is 8.00. The van der Waals surface area contributed by atoms with Gasteiger partial charge in [0, 0.05) is 26.4 Å². The van der Waals surface area contributed by atoms with Gasteiger partial charge >= 0.3 is 0 Å².